The van der Waals surface area contributed by atoms with Crippen molar-refractivity contribution >= 4 is 33.2 Å². The van der Waals surface area contributed by atoms with Crippen molar-refractivity contribution in [1.29, 1.82) is 0 Å². The molecule has 0 bridgehead atoms. The van der Waals surface area contributed by atoms with Crippen molar-refractivity contribution in [1.82, 2.24) is 14.9 Å². The molecule has 0 fully saturated rings. The summed E-state index contributed by atoms with van der Waals surface area (Å²) in [6.45, 7) is 3.66. The largest absolute Gasteiger partial charge is 0.477 e. The Kier molecular flexibility index (Phi) is 4.37. The first-order chi connectivity index (χ1) is 8.56. The van der Waals surface area contributed by atoms with E-state index in [1.807, 2.05) is 27.1 Å². The second-order valence-corrected chi connectivity index (χ2v) is 5.95. The minimum absolute atomic E-state index is 0.243. The molecule has 6 heteroatoms. The molecule has 18 heavy (non-hydrogen) atoms. The minimum atomic E-state index is 0.243. The van der Waals surface area contributed by atoms with E-state index in [1.165, 1.54) is 4.88 Å². The average molecular weight is 286 g/mol. The molecule has 2 heterocycles. The summed E-state index contributed by atoms with van der Waals surface area (Å²) < 4.78 is 5.71. The van der Waals surface area contributed by atoms with E-state index < -0.39 is 0 Å². The molecule has 2 rings (SSSR count). The molecule has 0 spiro atoms. The Hall–Kier alpha value is -0.910. The third-order valence-electron chi connectivity index (χ3n) is 2.44. The molecule has 0 saturated carbocycles. The summed E-state index contributed by atoms with van der Waals surface area (Å²) in [5.74, 6) is 0.591. The van der Waals surface area contributed by atoms with Crippen molar-refractivity contribution in [2.75, 3.05) is 27.2 Å². The first-order valence-electron chi connectivity index (χ1n) is 5.77. The maximum atomic E-state index is 5.89. The van der Waals surface area contributed by atoms with Gasteiger partial charge in [0.25, 0.3) is 0 Å². The summed E-state index contributed by atoms with van der Waals surface area (Å²) in [6, 6.07) is 2.04. The number of rotatable bonds is 5. The lowest BCUT2D eigenvalue weighted by Gasteiger charge is -2.10. The fraction of sp³-hybridized carbons (Fsp3) is 0.500. The number of aryl methyl sites for hydroxylation is 1. The van der Waals surface area contributed by atoms with Crippen molar-refractivity contribution < 1.29 is 4.74 Å². The highest BCUT2D eigenvalue weighted by Gasteiger charge is 2.10. The summed E-state index contributed by atoms with van der Waals surface area (Å²) in [5.41, 5.74) is 0. The average Bonchev–Trinajstić information content (AvgIpc) is 2.64. The number of fused-ring (bicyclic) bond motifs is 1. The Morgan fingerprint density at radius 1 is 1.39 bits per heavy atom. The van der Waals surface area contributed by atoms with Gasteiger partial charge < -0.3 is 9.64 Å². The highest BCUT2D eigenvalue weighted by Crippen LogP contribution is 2.30. The van der Waals surface area contributed by atoms with E-state index in [0.29, 0.717) is 12.5 Å². The predicted molar refractivity (Wildman–Crippen MR) is 75.8 cm³/mol. The SMILES string of the molecule is Cc1cc2c(OCCCN(C)C)nc(Cl)nc2s1. The van der Waals surface area contributed by atoms with Crippen LogP contribution in [0.1, 0.15) is 11.3 Å². The normalized spacial score (nSPS) is 11.4. The topological polar surface area (TPSA) is 38.2 Å². The van der Waals surface area contributed by atoms with E-state index in [2.05, 4.69) is 14.9 Å². The van der Waals surface area contributed by atoms with Crippen molar-refractivity contribution in [2.45, 2.75) is 13.3 Å². The van der Waals surface area contributed by atoms with Gasteiger partial charge in [-0.1, -0.05) is 0 Å². The van der Waals surface area contributed by atoms with Crippen molar-refractivity contribution in [3.63, 3.8) is 0 Å². The van der Waals surface area contributed by atoms with Crippen LogP contribution in [0.3, 0.4) is 0 Å². The molecule has 0 radical (unpaired) electrons. The maximum absolute atomic E-state index is 5.89. The fourth-order valence-corrected chi connectivity index (χ4v) is 2.73. The van der Waals surface area contributed by atoms with Gasteiger partial charge in [-0.15, -0.1) is 11.3 Å². The third-order valence-corrected chi connectivity index (χ3v) is 3.56. The van der Waals surface area contributed by atoms with E-state index in [-0.39, 0.29) is 5.28 Å². The summed E-state index contributed by atoms with van der Waals surface area (Å²) in [6.07, 6.45) is 0.958. The number of hydrogen-bond acceptors (Lipinski definition) is 5. The predicted octanol–water partition coefficient (Wildman–Crippen LogP) is 2.98. The summed E-state index contributed by atoms with van der Waals surface area (Å²) in [4.78, 5) is 12.5. The lowest BCUT2D eigenvalue weighted by molar-refractivity contribution is 0.276. The highest BCUT2D eigenvalue weighted by atomic mass is 35.5. The van der Waals surface area contributed by atoms with Crippen molar-refractivity contribution in [3.8, 4) is 5.88 Å². The monoisotopic (exact) mass is 285 g/mol. The minimum Gasteiger partial charge on any atom is -0.477 e. The van der Waals surface area contributed by atoms with Crippen LogP contribution in [-0.4, -0.2) is 42.1 Å². The Morgan fingerprint density at radius 2 is 2.17 bits per heavy atom. The van der Waals surface area contributed by atoms with Crippen LogP contribution in [0, 0.1) is 6.92 Å². The van der Waals surface area contributed by atoms with Crippen LogP contribution in [0.4, 0.5) is 0 Å². The van der Waals surface area contributed by atoms with E-state index in [4.69, 9.17) is 16.3 Å². The molecule has 0 aliphatic heterocycles. The van der Waals surface area contributed by atoms with Crippen LogP contribution >= 0.6 is 22.9 Å². The summed E-state index contributed by atoms with van der Waals surface area (Å²) in [5, 5.41) is 1.19. The van der Waals surface area contributed by atoms with Gasteiger partial charge in [-0.05, 0) is 45.1 Å². The molecule has 0 saturated heterocycles. The third kappa shape index (κ3) is 3.31. The zero-order chi connectivity index (χ0) is 13.1. The zero-order valence-electron chi connectivity index (χ0n) is 10.7. The van der Waals surface area contributed by atoms with Crippen LogP contribution in [-0.2, 0) is 0 Å². The molecule has 0 aliphatic carbocycles. The molecular formula is C12H16ClN3OS. The zero-order valence-corrected chi connectivity index (χ0v) is 12.3. The quantitative estimate of drug-likeness (QED) is 0.625. The van der Waals surface area contributed by atoms with E-state index >= 15 is 0 Å². The molecule has 0 aliphatic rings. The second kappa shape index (κ2) is 5.82. The number of thiophene rings is 1. The van der Waals surface area contributed by atoms with Gasteiger partial charge in [0, 0.05) is 11.4 Å². The number of ether oxygens (including phenoxy) is 1. The van der Waals surface area contributed by atoms with Gasteiger partial charge in [0.1, 0.15) is 4.83 Å². The number of hydrogen-bond donors (Lipinski definition) is 0. The van der Waals surface area contributed by atoms with Crippen LogP contribution < -0.4 is 4.74 Å². The van der Waals surface area contributed by atoms with Crippen LogP contribution in [0.2, 0.25) is 5.28 Å². The molecule has 0 aromatic carbocycles. The van der Waals surface area contributed by atoms with Gasteiger partial charge in [-0.25, -0.2) is 4.98 Å². The smallest absolute Gasteiger partial charge is 0.227 e. The summed E-state index contributed by atoms with van der Waals surface area (Å²) in [7, 11) is 4.09. The first-order valence-corrected chi connectivity index (χ1v) is 6.97. The molecule has 2 aromatic heterocycles. The van der Waals surface area contributed by atoms with E-state index in [1.54, 1.807) is 11.3 Å². The van der Waals surface area contributed by atoms with Gasteiger partial charge in [0.2, 0.25) is 11.2 Å². The van der Waals surface area contributed by atoms with Crippen LogP contribution in [0.15, 0.2) is 6.07 Å². The lowest BCUT2D eigenvalue weighted by atomic mass is 10.3. The van der Waals surface area contributed by atoms with Crippen LogP contribution in [0.5, 0.6) is 5.88 Å². The Morgan fingerprint density at radius 3 is 2.89 bits per heavy atom. The maximum Gasteiger partial charge on any atom is 0.227 e. The molecule has 4 nitrogen and oxygen atoms in total. The number of halogens is 1. The van der Waals surface area contributed by atoms with Crippen molar-refractivity contribution in [3.05, 3.63) is 16.2 Å². The van der Waals surface area contributed by atoms with Crippen molar-refractivity contribution in [2.24, 2.45) is 0 Å². The van der Waals surface area contributed by atoms with Gasteiger partial charge in [0.05, 0.1) is 12.0 Å². The Balaban J connectivity index is 2.11. The lowest BCUT2D eigenvalue weighted by Crippen LogP contribution is -2.15. The molecule has 0 unspecified atom stereocenters. The molecule has 0 atom stereocenters. The van der Waals surface area contributed by atoms with E-state index in [9.17, 15) is 0 Å². The molecular weight excluding hydrogens is 270 g/mol. The number of nitrogens with zero attached hydrogens (tertiary/aromatic N) is 3. The fourth-order valence-electron chi connectivity index (χ4n) is 1.65. The van der Waals surface area contributed by atoms with Gasteiger partial charge >= 0.3 is 0 Å². The van der Waals surface area contributed by atoms with Gasteiger partial charge in [-0.3, -0.25) is 0 Å². The Bertz CT molecular complexity index is 541. The standard InChI is InChI=1S/C12H16ClN3OS/c1-8-7-9-10(17-6-4-5-16(2)3)14-12(13)15-11(9)18-8/h7H,4-6H2,1-3H3. The number of aromatic nitrogens is 2. The van der Waals surface area contributed by atoms with Gasteiger partial charge in [0.15, 0.2) is 0 Å². The highest BCUT2D eigenvalue weighted by molar-refractivity contribution is 7.18. The summed E-state index contributed by atoms with van der Waals surface area (Å²) >= 11 is 7.49. The molecule has 98 valence electrons. The molecule has 0 amide bonds. The second-order valence-electron chi connectivity index (χ2n) is 4.38. The van der Waals surface area contributed by atoms with E-state index in [0.717, 1.165) is 23.2 Å². The first kappa shape index (κ1) is 13.5. The van der Waals surface area contributed by atoms with Gasteiger partial charge in [-0.2, -0.15) is 4.98 Å². The van der Waals surface area contributed by atoms with Crippen LogP contribution in [0.25, 0.3) is 10.2 Å². The molecule has 2 aromatic rings. The molecule has 0 N–H and O–H groups in total. The Labute approximate surface area is 116 Å².